The van der Waals surface area contributed by atoms with E-state index >= 15 is 0 Å². The third-order valence-corrected chi connectivity index (χ3v) is 1.72. The van der Waals surface area contributed by atoms with E-state index in [1.807, 2.05) is 6.07 Å². The lowest BCUT2D eigenvalue weighted by molar-refractivity contribution is -0.567. The van der Waals surface area contributed by atoms with Crippen LogP contribution in [0.1, 0.15) is 20.8 Å². The van der Waals surface area contributed by atoms with Crippen LogP contribution in [0, 0.1) is 27.4 Å². The van der Waals surface area contributed by atoms with Gasteiger partial charge in [0.05, 0.1) is 6.07 Å². The smallest absolute Gasteiger partial charge is 0.232 e. The van der Waals surface area contributed by atoms with Crippen LogP contribution in [-0.4, -0.2) is 10.5 Å². The fraction of sp³-hybridized carbons (Fsp3) is 0.833. The number of hydrogen-bond acceptors (Lipinski definition) is 3. The Morgan fingerprint density at radius 3 is 2.20 bits per heavy atom. The van der Waals surface area contributed by atoms with E-state index in [0.29, 0.717) is 0 Å². The van der Waals surface area contributed by atoms with Crippen LogP contribution in [-0.2, 0) is 0 Å². The van der Waals surface area contributed by atoms with Gasteiger partial charge in [0, 0.05) is 18.8 Å². The molecule has 0 bridgehead atoms. The van der Waals surface area contributed by atoms with E-state index in [1.165, 1.54) is 13.8 Å². The molecule has 0 aliphatic carbocycles. The van der Waals surface area contributed by atoms with Crippen molar-refractivity contribution >= 4 is 0 Å². The number of hydrogen-bond donors (Lipinski definition) is 0. The second-order valence-corrected chi connectivity index (χ2v) is 2.76. The number of rotatable bonds is 2. The standard InChI is InChI=1S/C6H10N2O2/c1-5(4-7)6(2,3)8(9)10/h5H,1-3H3. The van der Waals surface area contributed by atoms with Gasteiger partial charge in [0.1, 0.15) is 5.92 Å². The summed E-state index contributed by atoms with van der Waals surface area (Å²) in [7, 11) is 0. The Morgan fingerprint density at radius 2 is 2.10 bits per heavy atom. The quantitative estimate of drug-likeness (QED) is 0.429. The predicted octanol–water partition coefficient (Wildman–Crippen LogP) is 1.20. The summed E-state index contributed by atoms with van der Waals surface area (Å²) in [5, 5.41) is 18.6. The third kappa shape index (κ3) is 1.44. The molecule has 0 heterocycles. The van der Waals surface area contributed by atoms with Gasteiger partial charge in [-0.1, -0.05) is 0 Å². The Kier molecular flexibility index (Phi) is 2.36. The van der Waals surface area contributed by atoms with Crippen LogP contribution in [0.4, 0.5) is 0 Å². The fourth-order valence-electron chi connectivity index (χ4n) is 0.316. The summed E-state index contributed by atoms with van der Waals surface area (Å²) in [6.45, 7) is 4.44. The Balaban J connectivity index is 4.43. The zero-order chi connectivity index (χ0) is 8.36. The van der Waals surface area contributed by atoms with Gasteiger partial charge in [-0.15, -0.1) is 0 Å². The molecule has 0 spiro atoms. The predicted molar refractivity (Wildman–Crippen MR) is 35.9 cm³/mol. The first-order valence-corrected chi connectivity index (χ1v) is 2.97. The highest BCUT2D eigenvalue weighted by Crippen LogP contribution is 2.18. The monoisotopic (exact) mass is 142 g/mol. The van der Waals surface area contributed by atoms with Gasteiger partial charge in [-0.2, -0.15) is 5.26 Å². The second kappa shape index (κ2) is 2.65. The minimum Gasteiger partial charge on any atom is -0.264 e. The van der Waals surface area contributed by atoms with Crippen LogP contribution in [0.15, 0.2) is 0 Å². The van der Waals surface area contributed by atoms with Crippen molar-refractivity contribution in [2.24, 2.45) is 5.92 Å². The Bertz CT molecular complexity index is 181. The van der Waals surface area contributed by atoms with E-state index < -0.39 is 16.4 Å². The summed E-state index contributed by atoms with van der Waals surface area (Å²) in [5.74, 6) is -0.553. The largest absolute Gasteiger partial charge is 0.264 e. The number of nitrogens with zero attached hydrogens (tertiary/aromatic N) is 2. The van der Waals surface area contributed by atoms with Gasteiger partial charge < -0.3 is 0 Å². The summed E-state index contributed by atoms with van der Waals surface area (Å²) >= 11 is 0. The molecule has 0 aliphatic heterocycles. The lowest BCUT2D eigenvalue weighted by atomic mass is 9.91. The topological polar surface area (TPSA) is 66.9 Å². The second-order valence-electron chi connectivity index (χ2n) is 2.76. The van der Waals surface area contributed by atoms with Gasteiger partial charge in [0.15, 0.2) is 0 Å². The molecule has 1 atom stereocenters. The van der Waals surface area contributed by atoms with Crippen molar-refractivity contribution < 1.29 is 4.92 Å². The van der Waals surface area contributed by atoms with Crippen molar-refractivity contribution in [3.05, 3.63) is 10.1 Å². The minimum atomic E-state index is -1.13. The molecule has 0 amide bonds. The van der Waals surface area contributed by atoms with Crippen LogP contribution in [0.3, 0.4) is 0 Å². The zero-order valence-corrected chi connectivity index (χ0v) is 6.29. The van der Waals surface area contributed by atoms with Crippen LogP contribution in [0.2, 0.25) is 0 Å². The Hall–Kier alpha value is -1.11. The maximum absolute atomic E-state index is 10.3. The summed E-state index contributed by atoms with van der Waals surface area (Å²) < 4.78 is 0. The van der Waals surface area contributed by atoms with Crippen molar-refractivity contribution in [3.63, 3.8) is 0 Å². The minimum absolute atomic E-state index is 0.430. The molecule has 4 heteroatoms. The SMILES string of the molecule is CC(C#N)C(C)(C)[N+](=O)[O-]. The fourth-order valence-corrected chi connectivity index (χ4v) is 0.316. The molecule has 0 aromatic rings. The molecule has 0 aliphatic rings. The molecule has 0 aromatic heterocycles. The lowest BCUT2D eigenvalue weighted by Crippen LogP contribution is -2.37. The molecule has 0 N–H and O–H groups in total. The van der Waals surface area contributed by atoms with Crippen LogP contribution in [0.5, 0.6) is 0 Å². The van der Waals surface area contributed by atoms with Gasteiger partial charge in [0.2, 0.25) is 5.54 Å². The summed E-state index contributed by atoms with van der Waals surface area (Å²) in [4.78, 5) is 9.85. The van der Waals surface area contributed by atoms with Crippen molar-refractivity contribution in [2.45, 2.75) is 26.3 Å². The zero-order valence-electron chi connectivity index (χ0n) is 6.29. The van der Waals surface area contributed by atoms with E-state index in [1.54, 1.807) is 6.92 Å². The van der Waals surface area contributed by atoms with Crippen LogP contribution >= 0.6 is 0 Å². The average Bonchev–Trinajstić information content (AvgIpc) is 1.86. The maximum Gasteiger partial charge on any atom is 0.232 e. The van der Waals surface area contributed by atoms with Gasteiger partial charge >= 0.3 is 0 Å². The van der Waals surface area contributed by atoms with Crippen LogP contribution < -0.4 is 0 Å². The molecule has 0 fully saturated rings. The molecule has 0 rings (SSSR count). The van der Waals surface area contributed by atoms with Crippen LogP contribution in [0.25, 0.3) is 0 Å². The Morgan fingerprint density at radius 1 is 1.70 bits per heavy atom. The molecule has 0 aromatic carbocycles. The molecule has 4 nitrogen and oxygen atoms in total. The molecule has 1 unspecified atom stereocenters. The lowest BCUT2D eigenvalue weighted by Gasteiger charge is -2.16. The van der Waals surface area contributed by atoms with Gasteiger partial charge in [-0.3, -0.25) is 10.1 Å². The molecular weight excluding hydrogens is 132 g/mol. The highest BCUT2D eigenvalue weighted by molar-refractivity contribution is 4.90. The third-order valence-electron chi connectivity index (χ3n) is 1.72. The highest BCUT2D eigenvalue weighted by atomic mass is 16.6. The van der Waals surface area contributed by atoms with E-state index in [4.69, 9.17) is 5.26 Å². The van der Waals surface area contributed by atoms with Crippen molar-refractivity contribution in [1.82, 2.24) is 0 Å². The molecule has 56 valence electrons. The van der Waals surface area contributed by atoms with Crippen molar-refractivity contribution in [2.75, 3.05) is 0 Å². The van der Waals surface area contributed by atoms with Crippen molar-refractivity contribution in [3.8, 4) is 6.07 Å². The van der Waals surface area contributed by atoms with Crippen molar-refractivity contribution in [1.29, 1.82) is 5.26 Å². The molecule has 0 saturated heterocycles. The summed E-state index contributed by atoms with van der Waals surface area (Å²) in [6.07, 6.45) is 0. The first-order valence-electron chi connectivity index (χ1n) is 2.97. The Labute approximate surface area is 59.6 Å². The molecular formula is C6H10N2O2. The van der Waals surface area contributed by atoms with E-state index in [2.05, 4.69) is 0 Å². The highest BCUT2D eigenvalue weighted by Gasteiger charge is 2.37. The molecule has 0 radical (unpaired) electrons. The number of nitriles is 1. The summed E-state index contributed by atoms with van der Waals surface area (Å²) in [5.41, 5.74) is -1.13. The molecule has 10 heavy (non-hydrogen) atoms. The molecule has 0 saturated carbocycles. The van der Waals surface area contributed by atoms with E-state index in [0.717, 1.165) is 0 Å². The van der Waals surface area contributed by atoms with E-state index in [9.17, 15) is 10.1 Å². The van der Waals surface area contributed by atoms with E-state index in [-0.39, 0.29) is 0 Å². The first-order chi connectivity index (χ1) is 4.42. The average molecular weight is 142 g/mol. The normalized spacial score (nSPS) is 13.8. The first kappa shape index (κ1) is 8.89. The van der Waals surface area contributed by atoms with Gasteiger partial charge in [0.25, 0.3) is 0 Å². The van der Waals surface area contributed by atoms with Gasteiger partial charge in [-0.05, 0) is 6.92 Å². The number of nitro groups is 1. The maximum atomic E-state index is 10.3. The summed E-state index contributed by atoms with van der Waals surface area (Å²) in [6, 6.07) is 1.84. The van der Waals surface area contributed by atoms with Gasteiger partial charge in [-0.25, -0.2) is 0 Å².